The molecule has 0 unspecified atom stereocenters. The number of amides is 2. The fraction of sp³-hybridized carbons (Fsp3) is 0.389. The molecule has 132 valence electrons. The molecule has 2 aromatic rings. The summed E-state index contributed by atoms with van der Waals surface area (Å²) in [7, 11) is 0. The lowest BCUT2D eigenvalue weighted by Gasteiger charge is -2.08. The van der Waals surface area contributed by atoms with Crippen molar-refractivity contribution in [1.29, 1.82) is 0 Å². The fourth-order valence-corrected chi connectivity index (χ4v) is 2.87. The third-order valence-electron chi connectivity index (χ3n) is 3.79. The monoisotopic (exact) mass is 359 g/mol. The van der Waals surface area contributed by atoms with Crippen molar-refractivity contribution in [3.8, 4) is 5.75 Å². The van der Waals surface area contributed by atoms with Crippen LogP contribution in [0.5, 0.6) is 5.75 Å². The Balaban J connectivity index is 1.38. The van der Waals surface area contributed by atoms with Gasteiger partial charge in [0.25, 0.3) is 11.8 Å². The molecule has 1 aromatic carbocycles. The van der Waals surface area contributed by atoms with E-state index in [-0.39, 0.29) is 18.4 Å². The maximum atomic E-state index is 11.9. The van der Waals surface area contributed by atoms with E-state index in [9.17, 15) is 9.59 Å². The van der Waals surface area contributed by atoms with Gasteiger partial charge in [-0.25, -0.2) is 4.98 Å². The van der Waals surface area contributed by atoms with Crippen LogP contribution in [0, 0.1) is 6.92 Å². The second-order valence-corrected chi connectivity index (χ2v) is 7.09. The van der Waals surface area contributed by atoms with E-state index < -0.39 is 0 Å². The Kier molecular flexibility index (Phi) is 5.65. The van der Waals surface area contributed by atoms with E-state index in [1.165, 1.54) is 11.3 Å². The Morgan fingerprint density at radius 1 is 1.28 bits per heavy atom. The number of nitrogens with zero attached hydrogens (tertiary/aromatic N) is 1. The van der Waals surface area contributed by atoms with Crippen molar-refractivity contribution < 1.29 is 14.3 Å². The Labute approximate surface area is 150 Å². The number of ether oxygens (including phenoxy) is 1. The zero-order chi connectivity index (χ0) is 17.6. The molecule has 2 N–H and O–H groups in total. The molecule has 3 rings (SSSR count). The quantitative estimate of drug-likeness (QED) is 0.756. The largest absolute Gasteiger partial charge is 0.484 e. The van der Waals surface area contributed by atoms with Gasteiger partial charge in [-0.05, 0) is 43.9 Å². The van der Waals surface area contributed by atoms with Crippen LogP contribution in [-0.2, 0) is 11.2 Å². The number of carbonyl (C=O) groups excluding carboxylic acids is 2. The number of nitrogens with one attached hydrogen (secondary N) is 2. The van der Waals surface area contributed by atoms with Crippen molar-refractivity contribution >= 4 is 23.2 Å². The molecule has 0 bridgehead atoms. The van der Waals surface area contributed by atoms with Crippen LogP contribution in [0.2, 0.25) is 0 Å². The Morgan fingerprint density at radius 2 is 2.04 bits per heavy atom. The number of rotatable bonds is 8. The van der Waals surface area contributed by atoms with Crippen LogP contribution in [0.1, 0.15) is 33.9 Å². The highest BCUT2D eigenvalue weighted by Crippen LogP contribution is 2.18. The molecule has 0 spiro atoms. The molecule has 1 aliphatic carbocycles. The lowest BCUT2D eigenvalue weighted by Crippen LogP contribution is -2.30. The minimum Gasteiger partial charge on any atom is -0.484 e. The summed E-state index contributed by atoms with van der Waals surface area (Å²) >= 11 is 1.46. The van der Waals surface area contributed by atoms with Crippen LogP contribution in [0.15, 0.2) is 29.6 Å². The molecular formula is C18H21N3O3S. The smallest absolute Gasteiger partial charge is 0.270 e. The highest BCUT2D eigenvalue weighted by atomic mass is 32.1. The third-order valence-corrected chi connectivity index (χ3v) is 4.56. The molecule has 1 heterocycles. The Bertz CT molecular complexity index is 738. The van der Waals surface area contributed by atoms with Gasteiger partial charge in [-0.15, -0.1) is 11.3 Å². The van der Waals surface area contributed by atoms with Gasteiger partial charge in [-0.2, -0.15) is 0 Å². The predicted octanol–water partition coefficient (Wildman–Crippen LogP) is 2.08. The van der Waals surface area contributed by atoms with Gasteiger partial charge in [0.15, 0.2) is 6.61 Å². The van der Waals surface area contributed by atoms with Crippen molar-refractivity contribution in [2.45, 2.75) is 32.2 Å². The fourth-order valence-electron chi connectivity index (χ4n) is 2.28. The zero-order valence-corrected chi connectivity index (χ0v) is 14.9. The second kappa shape index (κ2) is 8.11. The van der Waals surface area contributed by atoms with Gasteiger partial charge in [0.2, 0.25) is 0 Å². The lowest BCUT2D eigenvalue weighted by molar-refractivity contribution is -0.123. The average Bonchev–Trinajstić information content (AvgIpc) is 3.31. The topological polar surface area (TPSA) is 80.3 Å². The molecule has 1 aliphatic rings. The van der Waals surface area contributed by atoms with Crippen LogP contribution in [0.3, 0.4) is 0 Å². The van der Waals surface area contributed by atoms with Gasteiger partial charge < -0.3 is 15.4 Å². The third kappa shape index (κ3) is 5.56. The number of aromatic nitrogens is 1. The number of thiazole rings is 1. The van der Waals surface area contributed by atoms with E-state index in [4.69, 9.17) is 4.74 Å². The van der Waals surface area contributed by atoms with E-state index in [1.54, 1.807) is 5.38 Å². The number of hydrogen-bond donors (Lipinski definition) is 2. The summed E-state index contributed by atoms with van der Waals surface area (Å²) < 4.78 is 5.47. The van der Waals surface area contributed by atoms with Crippen LogP contribution in [0.4, 0.5) is 0 Å². The van der Waals surface area contributed by atoms with Crippen LogP contribution >= 0.6 is 11.3 Å². The molecule has 2 amide bonds. The van der Waals surface area contributed by atoms with Crippen LogP contribution < -0.4 is 15.4 Å². The molecule has 6 nitrogen and oxygen atoms in total. The normalized spacial score (nSPS) is 13.3. The van der Waals surface area contributed by atoms with Gasteiger partial charge in [-0.3, -0.25) is 9.59 Å². The van der Waals surface area contributed by atoms with Crippen LogP contribution in [-0.4, -0.2) is 36.0 Å². The van der Waals surface area contributed by atoms with Gasteiger partial charge in [0, 0.05) is 18.0 Å². The van der Waals surface area contributed by atoms with E-state index in [0.717, 1.165) is 29.8 Å². The first-order valence-electron chi connectivity index (χ1n) is 8.31. The minimum atomic E-state index is -0.147. The highest BCUT2D eigenvalue weighted by Gasteiger charge is 2.23. The van der Waals surface area contributed by atoms with Crippen LogP contribution in [0.25, 0.3) is 0 Å². The number of benzene rings is 1. The maximum Gasteiger partial charge on any atom is 0.270 e. The Morgan fingerprint density at radius 3 is 2.68 bits per heavy atom. The Hall–Kier alpha value is -2.41. The average molecular weight is 359 g/mol. The summed E-state index contributed by atoms with van der Waals surface area (Å²) in [5.74, 6) is 0.439. The SMILES string of the molecule is Cc1nc(C(=O)NCCc2ccc(OCC(=O)NC3CC3)cc2)cs1. The summed E-state index contributed by atoms with van der Waals surface area (Å²) in [5.41, 5.74) is 1.56. The van der Waals surface area contributed by atoms with Crippen molar-refractivity contribution in [2.75, 3.05) is 13.2 Å². The van der Waals surface area contributed by atoms with E-state index in [2.05, 4.69) is 15.6 Å². The van der Waals surface area contributed by atoms with Crippen molar-refractivity contribution in [3.63, 3.8) is 0 Å². The molecule has 0 radical (unpaired) electrons. The van der Waals surface area contributed by atoms with E-state index in [0.29, 0.717) is 24.0 Å². The maximum absolute atomic E-state index is 11.9. The molecule has 0 atom stereocenters. The van der Waals surface area contributed by atoms with Gasteiger partial charge >= 0.3 is 0 Å². The summed E-state index contributed by atoms with van der Waals surface area (Å²) in [6.45, 7) is 2.46. The number of hydrogen-bond acceptors (Lipinski definition) is 5. The minimum absolute atomic E-state index is 0.0406. The molecular weight excluding hydrogens is 338 g/mol. The van der Waals surface area contributed by atoms with Gasteiger partial charge in [0.05, 0.1) is 5.01 Å². The number of aryl methyl sites for hydroxylation is 1. The molecule has 25 heavy (non-hydrogen) atoms. The zero-order valence-electron chi connectivity index (χ0n) is 14.1. The summed E-state index contributed by atoms with van der Waals surface area (Å²) in [4.78, 5) is 27.6. The highest BCUT2D eigenvalue weighted by molar-refractivity contribution is 7.09. The second-order valence-electron chi connectivity index (χ2n) is 6.03. The molecule has 0 saturated heterocycles. The van der Waals surface area contributed by atoms with Crippen molar-refractivity contribution in [3.05, 3.63) is 45.9 Å². The molecule has 1 fully saturated rings. The summed E-state index contributed by atoms with van der Waals surface area (Å²) in [6, 6.07) is 7.90. The first kappa shape index (κ1) is 17.4. The number of carbonyl (C=O) groups is 2. The molecule has 1 saturated carbocycles. The van der Waals surface area contributed by atoms with E-state index >= 15 is 0 Å². The van der Waals surface area contributed by atoms with E-state index in [1.807, 2.05) is 31.2 Å². The van der Waals surface area contributed by atoms with Crippen molar-refractivity contribution in [1.82, 2.24) is 15.6 Å². The first-order valence-corrected chi connectivity index (χ1v) is 9.19. The van der Waals surface area contributed by atoms with Gasteiger partial charge in [-0.1, -0.05) is 12.1 Å². The summed E-state index contributed by atoms with van der Waals surface area (Å²) in [5, 5.41) is 8.38. The standard InChI is InChI=1S/C18H21N3O3S/c1-12-20-16(11-25-12)18(23)19-9-8-13-2-6-15(7-3-13)24-10-17(22)21-14-4-5-14/h2-3,6-7,11,14H,4-5,8-10H2,1H3,(H,19,23)(H,21,22). The molecule has 7 heteroatoms. The van der Waals surface area contributed by atoms with Crippen molar-refractivity contribution in [2.24, 2.45) is 0 Å². The van der Waals surface area contributed by atoms with Gasteiger partial charge in [0.1, 0.15) is 11.4 Å². The first-order chi connectivity index (χ1) is 12.1. The summed E-state index contributed by atoms with van der Waals surface area (Å²) in [6.07, 6.45) is 2.86. The predicted molar refractivity (Wildman–Crippen MR) is 96.0 cm³/mol. The molecule has 1 aromatic heterocycles. The lowest BCUT2D eigenvalue weighted by atomic mass is 10.1. The molecule has 0 aliphatic heterocycles.